The van der Waals surface area contributed by atoms with Crippen LogP contribution in [-0.4, -0.2) is 30.0 Å². The van der Waals surface area contributed by atoms with Gasteiger partial charge in [0.1, 0.15) is 5.82 Å². The van der Waals surface area contributed by atoms with Crippen LogP contribution in [0.1, 0.15) is 28.8 Å². The van der Waals surface area contributed by atoms with Crippen LogP contribution in [0.15, 0.2) is 12.1 Å². The van der Waals surface area contributed by atoms with Crippen LogP contribution in [0.3, 0.4) is 0 Å². The van der Waals surface area contributed by atoms with Gasteiger partial charge < -0.3 is 10.6 Å². The number of non-ortho nitro benzene ring substituents is 1. The lowest BCUT2D eigenvalue weighted by molar-refractivity contribution is -0.385. The minimum Gasteiger partial charge on any atom is -0.348 e. The second-order valence-corrected chi connectivity index (χ2v) is 4.90. The number of hydrogen-bond donors (Lipinski definition) is 2. The van der Waals surface area contributed by atoms with Gasteiger partial charge in [-0.1, -0.05) is 0 Å². The van der Waals surface area contributed by atoms with Crippen molar-refractivity contribution in [1.82, 2.24) is 10.6 Å². The Morgan fingerprint density at radius 3 is 2.90 bits per heavy atom. The number of carbonyl (C=O) groups is 1. The molecular weight excluding hydrogens is 265 g/mol. The Balaban J connectivity index is 2.21. The third kappa shape index (κ3) is 3.11. The zero-order valence-corrected chi connectivity index (χ0v) is 11.1. The molecule has 2 N–H and O–H groups in total. The Kier molecular flexibility index (Phi) is 4.29. The van der Waals surface area contributed by atoms with E-state index in [4.69, 9.17) is 0 Å². The normalized spacial score (nSPS) is 18.6. The molecule has 1 amide bonds. The third-order valence-corrected chi connectivity index (χ3v) is 3.33. The largest absolute Gasteiger partial charge is 0.348 e. The summed E-state index contributed by atoms with van der Waals surface area (Å²) in [5, 5.41) is 16.6. The van der Waals surface area contributed by atoms with Crippen molar-refractivity contribution in [3.8, 4) is 0 Å². The summed E-state index contributed by atoms with van der Waals surface area (Å²) in [4.78, 5) is 22.2. The summed E-state index contributed by atoms with van der Waals surface area (Å²) in [6, 6.07) is 2.03. The van der Waals surface area contributed by atoms with E-state index in [0.717, 1.165) is 31.5 Å². The Morgan fingerprint density at radius 1 is 1.55 bits per heavy atom. The number of carbonyl (C=O) groups excluding carboxylic acids is 1. The van der Waals surface area contributed by atoms with Gasteiger partial charge >= 0.3 is 0 Å². The number of nitro benzene ring substituents is 1. The molecular formula is C13H16FN3O3. The quantitative estimate of drug-likeness (QED) is 0.650. The molecule has 0 radical (unpaired) electrons. The van der Waals surface area contributed by atoms with E-state index in [-0.39, 0.29) is 22.9 Å². The molecule has 20 heavy (non-hydrogen) atoms. The molecule has 0 aromatic heterocycles. The lowest BCUT2D eigenvalue weighted by atomic mass is 10.1. The predicted molar refractivity (Wildman–Crippen MR) is 71.1 cm³/mol. The van der Waals surface area contributed by atoms with E-state index in [2.05, 4.69) is 10.6 Å². The summed E-state index contributed by atoms with van der Waals surface area (Å²) < 4.78 is 14.0. The Bertz CT molecular complexity index is 542. The molecule has 0 spiro atoms. The number of halogens is 1. The highest BCUT2D eigenvalue weighted by atomic mass is 19.1. The third-order valence-electron chi connectivity index (χ3n) is 3.33. The summed E-state index contributed by atoms with van der Waals surface area (Å²) in [5.74, 6) is -1.32. The molecule has 1 aliphatic rings. The maximum Gasteiger partial charge on any atom is 0.270 e. The first-order valence-corrected chi connectivity index (χ1v) is 6.45. The van der Waals surface area contributed by atoms with E-state index in [1.165, 1.54) is 6.92 Å². The van der Waals surface area contributed by atoms with E-state index in [0.29, 0.717) is 6.54 Å². The monoisotopic (exact) mass is 281 g/mol. The van der Waals surface area contributed by atoms with Crippen molar-refractivity contribution in [3.05, 3.63) is 39.2 Å². The maximum absolute atomic E-state index is 14.0. The summed E-state index contributed by atoms with van der Waals surface area (Å²) >= 11 is 0. The smallest absolute Gasteiger partial charge is 0.270 e. The highest BCUT2D eigenvalue weighted by molar-refractivity contribution is 5.95. The SMILES string of the molecule is Cc1cc([N+](=O)[O-])cc(C(=O)N[C@H]2CCCNC2)c1F. The van der Waals surface area contributed by atoms with Gasteiger partial charge in [-0.15, -0.1) is 0 Å². The standard InChI is InChI=1S/C13H16FN3O3/c1-8-5-10(17(19)20)6-11(12(8)14)13(18)16-9-3-2-4-15-7-9/h5-6,9,15H,2-4,7H2,1H3,(H,16,18)/t9-/m0/s1. The van der Waals surface area contributed by atoms with Gasteiger partial charge in [0.15, 0.2) is 0 Å². The number of rotatable bonds is 3. The summed E-state index contributed by atoms with van der Waals surface area (Å²) in [7, 11) is 0. The van der Waals surface area contributed by atoms with E-state index in [1.54, 1.807) is 0 Å². The van der Waals surface area contributed by atoms with Crippen LogP contribution in [0.5, 0.6) is 0 Å². The fourth-order valence-electron chi connectivity index (χ4n) is 2.26. The molecule has 0 saturated carbocycles. The highest BCUT2D eigenvalue weighted by Gasteiger charge is 2.22. The lowest BCUT2D eigenvalue weighted by Crippen LogP contribution is -2.45. The lowest BCUT2D eigenvalue weighted by Gasteiger charge is -2.23. The van der Waals surface area contributed by atoms with Crippen LogP contribution in [0, 0.1) is 22.9 Å². The number of piperidine rings is 1. The van der Waals surface area contributed by atoms with Crippen molar-refractivity contribution in [2.75, 3.05) is 13.1 Å². The van der Waals surface area contributed by atoms with Gasteiger partial charge in [-0.2, -0.15) is 0 Å². The van der Waals surface area contributed by atoms with Gasteiger partial charge in [0.05, 0.1) is 10.5 Å². The van der Waals surface area contributed by atoms with E-state index < -0.39 is 16.6 Å². The minimum atomic E-state index is -0.711. The number of nitrogens with one attached hydrogen (secondary N) is 2. The van der Waals surface area contributed by atoms with Gasteiger partial charge in [0.2, 0.25) is 0 Å². The number of amides is 1. The second kappa shape index (κ2) is 5.96. The summed E-state index contributed by atoms with van der Waals surface area (Å²) in [5.41, 5.74) is -0.468. The van der Waals surface area contributed by atoms with Gasteiger partial charge in [0.25, 0.3) is 11.6 Å². The van der Waals surface area contributed by atoms with Crippen molar-refractivity contribution in [2.45, 2.75) is 25.8 Å². The Labute approximate surface area is 115 Å². The first-order chi connectivity index (χ1) is 9.49. The van der Waals surface area contributed by atoms with E-state index in [1.807, 2.05) is 0 Å². The van der Waals surface area contributed by atoms with Crippen LogP contribution in [0.25, 0.3) is 0 Å². The van der Waals surface area contributed by atoms with Gasteiger partial charge in [-0.25, -0.2) is 4.39 Å². The topological polar surface area (TPSA) is 84.3 Å². The highest BCUT2D eigenvalue weighted by Crippen LogP contribution is 2.21. The summed E-state index contributed by atoms with van der Waals surface area (Å²) in [6.45, 7) is 2.93. The molecule has 7 heteroatoms. The van der Waals surface area contributed by atoms with E-state index in [9.17, 15) is 19.3 Å². The molecule has 1 aromatic carbocycles. The molecule has 1 fully saturated rings. The van der Waals surface area contributed by atoms with Gasteiger partial charge in [-0.05, 0) is 31.9 Å². The minimum absolute atomic E-state index is 0.0739. The van der Waals surface area contributed by atoms with Crippen molar-refractivity contribution in [1.29, 1.82) is 0 Å². The molecule has 6 nitrogen and oxygen atoms in total. The number of aryl methyl sites for hydroxylation is 1. The zero-order chi connectivity index (χ0) is 14.7. The molecule has 0 unspecified atom stereocenters. The first kappa shape index (κ1) is 14.4. The first-order valence-electron chi connectivity index (χ1n) is 6.45. The fraction of sp³-hybridized carbons (Fsp3) is 0.462. The number of benzene rings is 1. The fourth-order valence-corrected chi connectivity index (χ4v) is 2.26. The molecule has 108 valence electrons. The zero-order valence-electron chi connectivity index (χ0n) is 11.1. The van der Waals surface area contributed by atoms with E-state index >= 15 is 0 Å². The number of nitrogens with zero attached hydrogens (tertiary/aromatic N) is 1. The second-order valence-electron chi connectivity index (χ2n) is 4.90. The van der Waals surface area contributed by atoms with Crippen LogP contribution in [0.4, 0.5) is 10.1 Å². The average molecular weight is 281 g/mol. The van der Waals surface area contributed by atoms with Crippen LogP contribution >= 0.6 is 0 Å². The molecule has 0 aliphatic carbocycles. The Morgan fingerprint density at radius 2 is 2.30 bits per heavy atom. The maximum atomic E-state index is 14.0. The average Bonchev–Trinajstić information content (AvgIpc) is 2.42. The van der Waals surface area contributed by atoms with Gasteiger partial charge in [0, 0.05) is 24.7 Å². The van der Waals surface area contributed by atoms with Crippen LogP contribution in [0.2, 0.25) is 0 Å². The molecule has 1 heterocycles. The molecule has 0 bridgehead atoms. The van der Waals surface area contributed by atoms with Crippen LogP contribution in [-0.2, 0) is 0 Å². The predicted octanol–water partition coefficient (Wildman–Crippen LogP) is 1.52. The van der Waals surface area contributed by atoms with Crippen molar-refractivity contribution < 1.29 is 14.1 Å². The van der Waals surface area contributed by atoms with Crippen molar-refractivity contribution in [2.24, 2.45) is 0 Å². The molecule has 1 saturated heterocycles. The molecule has 2 rings (SSSR count). The molecule has 1 aromatic rings. The van der Waals surface area contributed by atoms with Crippen molar-refractivity contribution >= 4 is 11.6 Å². The van der Waals surface area contributed by atoms with Crippen molar-refractivity contribution in [3.63, 3.8) is 0 Å². The van der Waals surface area contributed by atoms with Gasteiger partial charge in [-0.3, -0.25) is 14.9 Å². The molecule has 1 aliphatic heterocycles. The molecule has 1 atom stereocenters. The number of nitro groups is 1. The number of hydrogen-bond acceptors (Lipinski definition) is 4. The Hall–Kier alpha value is -2.02. The van der Waals surface area contributed by atoms with Crippen LogP contribution < -0.4 is 10.6 Å². The summed E-state index contributed by atoms with van der Waals surface area (Å²) in [6.07, 6.45) is 1.75.